The molecule has 1 spiro atoms. The first-order valence-electron chi connectivity index (χ1n) is 10.1. The highest BCUT2D eigenvalue weighted by Crippen LogP contribution is 2.72. The molecule has 0 heterocycles. The van der Waals surface area contributed by atoms with Crippen LogP contribution in [0.15, 0.2) is 40.9 Å². The number of hydrogen-bond donors (Lipinski definition) is 2. The van der Waals surface area contributed by atoms with Crippen molar-refractivity contribution in [3.63, 3.8) is 0 Å². The molecule has 154 valence electrons. The van der Waals surface area contributed by atoms with Crippen molar-refractivity contribution in [2.45, 2.75) is 19.3 Å². The van der Waals surface area contributed by atoms with Gasteiger partial charge in [-0.05, 0) is 48.3 Å². The average molecular weight is 460 g/mol. The molecule has 0 aromatic heterocycles. The number of anilines is 1. The van der Waals surface area contributed by atoms with Gasteiger partial charge in [0.2, 0.25) is 17.7 Å². The van der Waals surface area contributed by atoms with Gasteiger partial charge in [-0.15, -0.1) is 0 Å². The van der Waals surface area contributed by atoms with Gasteiger partial charge in [0, 0.05) is 37.2 Å². The smallest absolute Gasteiger partial charge is 0.228 e. The summed E-state index contributed by atoms with van der Waals surface area (Å²) in [5.41, 5.74) is 0.803. The van der Waals surface area contributed by atoms with E-state index in [1.165, 1.54) is 4.90 Å². The number of benzene rings is 1. The minimum absolute atomic E-state index is 0.0271. The molecule has 1 aromatic carbocycles. The normalized spacial score (nSPS) is 27.7. The third-order valence-corrected chi connectivity index (χ3v) is 7.17. The predicted molar refractivity (Wildman–Crippen MR) is 114 cm³/mol. The third kappa shape index (κ3) is 3.61. The van der Waals surface area contributed by atoms with E-state index in [9.17, 15) is 14.4 Å². The highest BCUT2D eigenvalue weighted by atomic mass is 79.9. The third-order valence-electron chi connectivity index (χ3n) is 6.68. The molecule has 4 rings (SSSR count). The van der Waals surface area contributed by atoms with Crippen LogP contribution >= 0.6 is 15.9 Å². The Balaban J connectivity index is 1.49. The van der Waals surface area contributed by atoms with E-state index in [2.05, 4.69) is 38.7 Å². The fraction of sp³-hybridized carbons (Fsp3) is 0.500. The molecule has 2 N–H and O–H groups in total. The summed E-state index contributed by atoms with van der Waals surface area (Å²) in [6.45, 7) is 0.292. The fourth-order valence-corrected chi connectivity index (χ4v) is 5.53. The standard InChI is InChI=1S/C22H26BrN3O3/c1-26(2)17(27)8-11-24-20(28)18-15-6-7-16(22(15)9-10-22)19(18)21(29)25-14-5-3-4-13(23)12-14/h3-7,12,15-16,18-19H,8-11H2,1-2H3,(H,24,28)(H,25,29)/t15-,16+,18-,19-/m1/s1. The zero-order valence-corrected chi connectivity index (χ0v) is 18.2. The van der Waals surface area contributed by atoms with Crippen molar-refractivity contribution >= 4 is 39.3 Å². The number of rotatable bonds is 6. The fourth-order valence-electron chi connectivity index (χ4n) is 5.14. The van der Waals surface area contributed by atoms with Crippen molar-refractivity contribution in [2.24, 2.45) is 29.1 Å². The highest BCUT2D eigenvalue weighted by molar-refractivity contribution is 9.10. The van der Waals surface area contributed by atoms with Crippen LogP contribution in [0.5, 0.6) is 0 Å². The van der Waals surface area contributed by atoms with E-state index in [0.29, 0.717) is 6.54 Å². The summed E-state index contributed by atoms with van der Waals surface area (Å²) in [7, 11) is 3.40. The number of halogens is 1. The molecule has 1 aromatic rings. The molecular weight excluding hydrogens is 434 g/mol. The van der Waals surface area contributed by atoms with Crippen molar-refractivity contribution in [3.05, 3.63) is 40.9 Å². The van der Waals surface area contributed by atoms with E-state index < -0.39 is 0 Å². The summed E-state index contributed by atoms with van der Waals surface area (Å²) >= 11 is 3.42. The first-order chi connectivity index (χ1) is 13.8. The van der Waals surface area contributed by atoms with Gasteiger partial charge in [-0.1, -0.05) is 34.1 Å². The number of carbonyl (C=O) groups is 3. The van der Waals surface area contributed by atoms with E-state index in [0.717, 1.165) is 23.0 Å². The molecular formula is C22H26BrN3O3. The summed E-state index contributed by atoms with van der Waals surface area (Å²) in [5.74, 6) is -0.787. The van der Waals surface area contributed by atoms with Crippen LogP contribution in [0.3, 0.4) is 0 Å². The number of carbonyl (C=O) groups excluding carboxylic acids is 3. The van der Waals surface area contributed by atoms with Crippen molar-refractivity contribution in [1.82, 2.24) is 10.2 Å². The van der Waals surface area contributed by atoms with Crippen LogP contribution < -0.4 is 10.6 Å². The second-order valence-electron chi connectivity index (χ2n) is 8.55. The van der Waals surface area contributed by atoms with E-state index in [1.807, 2.05) is 24.3 Å². The maximum atomic E-state index is 13.2. The lowest BCUT2D eigenvalue weighted by molar-refractivity contribution is -0.133. The Morgan fingerprint density at radius 3 is 2.34 bits per heavy atom. The molecule has 6 nitrogen and oxygen atoms in total. The van der Waals surface area contributed by atoms with Gasteiger partial charge in [0.25, 0.3) is 0 Å². The quantitative estimate of drug-likeness (QED) is 0.641. The van der Waals surface area contributed by atoms with Crippen molar-refractivity contribution in [1.29, 1.82) is 0 Å². The molecule has 4 atom stereocenters. The molecule has 0 unspecified atom stereocenters. The Morgan fingerprint density at radius 1 is 1.10 bits per heavy atom. The van der Waals surface area contributed by atoms with E-state index in [-0.39, 0.29) is 53.2 Å². The Kier molecular flexibility index (Phi) is 5.27. The van der Waals surface area contributed by atoms with Crippen molar-refractivity contribution < 1.29 is 14.4 Å². The van der Waals surface area contributed by atoms with E-state index >= 15 is 0 Å². The molecule has 2 bridgehead atoms. The van der Waals surface area contributed by atoms with E-state index in [4.69, 9.17) is 0 Å². The number of amides is 3. The zero-order valence-electron chi connectivity index (χ0n) is 16.7. The first kappa shape index (κ1) is 20.1. The molecule has 0 radical (unpaired) electrons. The van der Waals surface area contributed by atoms with Crippen LogP contribution in [0.4, 0.5) is 5.69 Å². The molecule has 3 amide bonds. The molecule has 2 fully saturated rings. The minimum atomic E-state index is -0.380. The molecule has 0 aliphatic heterocycles. The van der Waals surface area contributed by atoms with Gasteiger partial charge in [0.15, 0.2) is 0 Å². The SMILES string of the molecule is CN(C)C(=O)CCNC(=O)[C@H]1[C@H](C(=O)Nc2cccc(Br)c2)[C@@H]2C=C[C@H]1C21CC1. The van der Waals surface area contributed by atoms with Crippen LogP contribution in [0, 0.1) is 29.1 Å². The van der Waals surface area contributed by atoms with Gasteiger partial charge in [-0.25, -0.2) is 0 Å². The average Bonchev–Trinajstić information content (AvgIpc) is 3.34. The Morgan fingerprint density at radius 2 is 1.76 bits per heavy atom. The lowest BCUT2D eigenvalue weighted by atomic mass is 9.81. The Labute approximate surface area is 179 Å². The largest absolute Gasteiger partial charge is 0.355 e. The Bertz CT molecular complexity index is 878. The lowest BCUT2D eigenvalue weighted by Crippen LogP contribution is -2.42. The highest BCUT2D eigenvalue weighted by Gasteiger charge is 2.69. The van der Waals surface area contributed by atoms with Gasteiger partial charge < -0.3 is 15.5 Å². The monoisotopic (exact) mass is 459 g/mol. The maximum Gasteiger partial charge on any atom is 0.228 e. The summed E-state index contributed by atoms with van der Waals surface area (Å²) in [6.07, 6.45) is 6.67. The van der Waals surface area contributed by atoms with Crippen LogP contribution in [0.2, 0.25) is 0 Å². The van der Waals surface area contributed by atoms with Crippen LogP contribution in [-0.2, 0) is 14.4 Å². The molecule has 3 aliphatic rings. The number of nitrogens with zero attached hydrogens (tertiary/aromatic N) is 1. The Hall–Kier alpha value is -2.15. The van der Waals surface area contributed by atoms with Gasteiger partial charge >= 0.3 is 0 Å². The van der Waals surface area contributed by atoms with Gasteiger partial charge in [0.1, 0.15) is 0 Å². The molecule has 29 heavy (non-hydrogen) atoms. The zero-order chi connectivity index (χ0) is 20.8. The molecule has 2 saturated carbocycles. The molecule has 0 saturated heterocycles. The van der Waals surface area contributed by atoms with E-state index in [1.54, 1.807) is 14.1 Å². The number of hydrogen-bond acceptors (Lipinski definition) is 3. The summed E-state index contributed by atoms with van der Waals surface area (Å²) in [5, 5.41) is 5.92. The summed E-state index contributed by atoms with van der Waals surface area (Å²) < 4.78 is 0.890. The topological polar surface area (TPSA) is 78.5 Å². The summed E-state index contributed by atoms with van der Waals surface area (Å²) in [6, 6.07) is 7.48. The number of nitrogens with one attached hydrogen (secondary N) is 2. The maximum absolute atomic E-state index is 13.2. The minimum Gasteiger partial charge on any atom is -0.355 e. The second kappa shape index (κ2) is 7.59. The summed E-state index contributed by atoms with van der Waals surface area (Å²) in [4.78, 5) is 39.6. The van der Waals surface area contributed by atoms with Crippen molar-refractivity contribution in [2.75, 3.05) is 26.0 Å². The van der Waals surface area contributed by atoms with Gasteiger partial charge in [-0.2, -0.15) is 0 Å². The van der Waals surface area contributed by atoms with Crippen LogP contribution in [-0.4, -0.2) is 43.3 Å². The number of allylic oxidation sites excluding steroid dienone is 2. The molecule has 3 aliphatic carbocycles. The van der Waals surface area contributed by atoms with Gasteiger partial charge in [-0.3, -0.25) is 14.4 Å². The van der Waals surface area contributed by atoms with Gasteiger partial charge in [0.05, 0.1) is 11.8 Å². The van der Waals surface area contributed by atoms with Crippen molar-refractivity contribution in [3.8, 4) is 0 Å². The lowest BCUT2D eigenvalue weighted by Gasteiger charge is -2.26. The predicted octanol–water partition coefficient (Wildman–Crippen LogP) is 2.81. The van der Waals surface area contributed by atoms with Crippen LogP contribution in [0.1, 0.15) is 19.3 Å². The first-order valence-corrected chi connectivity index (χ1v) is 10.9. The second-order valence-corrected chi connectivity index (χ2v) is 9.47. The molecule has 7 heteroatoms. The van der Waals surface area contributed by atoms with Crippen LogP contribution in [0.25, 0.3) is 0 Å².